The van der Waals surface area contributed by atoms with Crippen LogP contribution >= 0.6 is 63.7 Å². The Morgan fingerprint density at radius 1 is 1.27 bits per heavy atom. The van der Waals surface area contributed by atoms with E-state index in [1.54, 1.807) is 0 Å². The van der Waals surface area contributed by atoms with Gasteiger partial charge in [-0.2, -0.15) is 0 Å². The first-order chi connectivity index (χ1) is 5.04. The zero-order chi connectivity index (χ0) is 8.59. The van der Waals surface area contributed by atoms with Gasteiger partial charge in [-0.15, -0.1) is 0 Å². The zero-order valence-electron chi connectivity index (χ0n) is 5.07. The summed E-state index contributed by atoms with van der Waals surface area (Å²) < 4.78 is 2.46. The monoisotopic (exact) mass is 406 g/mol. The molecule has 0 amide bonds. The van der Waals surface area contributed by atoms with Crippen molar-refractivity contribution >= 4 is 69.5 Å². The van der Waals surface area contributed by atoms with Crippen LogP contribution in [0, 0.1) is 0 Å². The Morgan fingerprint density at radius 3 is 2.36 bits per heavy atom. The van der Waals surface area contributed by atoms with E-state index in [0.29, 0.717) is 0 Å². The molecule has 0 spiro atoms. The van der Waals surface area contributed by atoms with Gasteiger partial charge < -0.3 is 0 Å². The van der Waals surface area contributed by atoms with E-state index in [9.17, 15) is 4.79 Å². The third-order valence-corrected chi connectivity index (χ3v) is 6.08. The topological polar surface area (TPSA) is 17.1 Å². The van der Waals surface area contributed by atoms with Crippen molar-refractivity contribution in [1.82, 2.24) is 0 Å². The van der Waals surface area contributed by atoms with Gasteiger partial charge in [-0.25, -0.2) is 0 Å². The Labute approximate surface area is 97.8 Å². The first-order valence-electron chi connectivity index (χ1n) is 2.64. The highest BCUT2D eigenvalue weighted by Crippen LogP contribution is 2.37. The van der Waals surface area contributed by atoms with Crippen LogP contribution in [0.1, 0.15) is 0 Å². The van der Waals surface area contributed by atoms with Crippen LogP contribution in [0.3, 0.4) is 0 Å². The fraction of sp³-hybridized carbons (Fsp3) is 0.167. The lowest BCUT2D eigenvalue weighted by Gasteiger charge is -2.13. The number of alkyl halides is 1. The minimum Gasteiger partial charge on any atom is -0.293 e. The number of carbonyl (C=O) groups excluding carboxylic acids is 1. The van der Waals surface area contributed by atoms with Gasteiger partial charge in [0.25, 0.3) is 0 Å². The molecule has 0 aliphatic heterocycles. The van der Waals surface area contributed by atoms with E-state index in [0.717, 1.165) is 13.4 Å². The van der Waals surface area contributed by atoms with Gasteiger partial charge in [0, 0.05) is 13.4 Å². The van der Waals surface area contributed by atoms with Crippen molar-refractivity contribution in [1.29, 1.82) is 0 Å². The molecule has 1 rings (SSSR count). The summed E-state index contributed by atoms with van der Waals surface area (Å²) in [5, 5.41) is 0. The fourth-order valence-electron chi connectivity index (χ4n) is 0.612. The standard InChI is InChI=1S/C6H2Br4O/c7-2-1-3(11)5(9)6(10)4(2)8/h1,5H. The molecular weight excluding hydrogens is 408 g/mol. The molecule has 0 bridgehead atoms. The van der Waals surface area contributed by atoms with Crippen molar-refractivity contribution in [3.05, 3.63) is 19.5 Å². The van der Waals surface area contributed by atoms with E-state index in [-0.39, 0.29) is 10.6 Å². The molecule has 0 radical (unpaired) electrons. The lowest BCUT2D eigenvalue weighted by Crippen LogP contribution is -2.15. The maximum atomic E-state index is 11.1. The summed E-state index contributed by atoms with van der Waals surface area (Å²) in [6, 6.07) is 0. The van der Waals surface area contributed by atoms with Crippen molar-refractivity contribution in [3.63, 3.8) is 0 Å². The van der Waals surface area contributed by atoms with Crippen molar-refractivity contribution in [2.45, 2.75) is 4.83 Å². The molecule has 0 aromatic carbocycles. The molecule has 0 fully saturated rings. The number of carbonyl (C=O) groups is 1. The minimum absolute atomic E-state index is 0.0342. The van der Waals surface area contributed by atoms with Crippen LogP contribution in [-0.2, 0) is 4.79 Å². The molecule has 1 aliphatic carbocycles. The summed E-state index contributed by atoms with van der Waals surface area (Å²) in [6.45, 7) is 0. The first kappa shape index (κ1) is 10.2. The molecule has 1 nitrogen and oxygen atoms in total. The summed E-state index contributed by atoms with van der Waals surface area (Å²) in [5.41, 5.74) is 0. The predicted octanol–water partition coefficient (Wildman–Crippen LogP) is 3.61. The second-order valence-electron chi connectivity index (χ2n) is 1.92. The number of ketones is 1. The molecule has 60 valence electrons. The van der Waals surface area contributed by atoms with Crippen LogP contribution in [0.25, 0.3) is 0 Å². The van der Waals surface area contributed by atoms with Crippen LogP contribution in [0.2, 0.25) is 0 Å². The molecule has 0 aromatic heterocycles. The molecule has 1 atom stereocenters. The third kappa shape index (κ3) is 2.05. The summed E-state index contributed by atoms with van der Waals surface area (Å²) >= 11 is 13.1. The van der Waals surface area contributed by atoms with E-state index in [2.05, 4.69) is 63.7 Å². The number of halogens is 4. The van der Waals surface area contributed by atoms with Crippen molar-refractivity contribution in [3.8, 4) is 0 Å². The average Bonchev–Trinajstić information content (AvgIpc) is 1.97. The molecule has 5 heteroatoms. The smallest absolute Gasteiger partial charge is 0.175 e. The first-order valence-corrected chi connectivity index (χ1v) is 5.94. The zero-order valence-corrected chi connectivity index (χ0v) is 11.4. The highest BCUT2D eigenvalue weighted by molar-refractivity contribution is 9.17. The van der Waals surface area contributed by atoms with Gasteiger partial charge in [-0.05, 0) is 37.9 Å². The molecule has 0 N–H and O–H groups in total. The molecule has 0 aromatic rings. The van der Waals surface area contributed by atoms with Gasteiger partial charge in [0.15, 0.2) is 5.78 Å². The summed E-state index contributed by atoms with van der Waals surface area (Å²) in [5.74, 6) is 0.0342. The third-order valence-electron chi connectivity index (χ3n) is 1.16. The van der Waals surface area contributed by atoms with E-state index in [4.69, 9.17) is 0 Å². The Morgan fingerprint density at radius 2 is 1.82 bits per heavy atom. The summed E-state index contributed by atoms with van der Waals surface area (Å²) in [4.78, 5) is 10.9. The lowest BCUT2D eigenvalue weighted by atomic mass is 10.2. The van der Waals surface area contributed by atoms with Gasteiger partial charge in [-0.1, -0.05) is 31.9 Å². The van der Waals surface area contributed by atoms with Crippen molar-refractivity contribution in [2.75, 3.05) is 0 Å². The Hall–Kier alpha value is 1.07. The summed E-state index contributed by atoms with van der Waals surface area (Å²) in [6.07, 6.45) is 1.54. The van der Waals surface area contributed by atoms with E-state index < -0.39 is 0 Å². The normalized spacial score (nSPS) is 25.6. The molecule has 1 aliphatic rings. The second-order valence-corrected chi connectivity index (χ2v) is 5.34. The molecule has 0 saturated carbocycles. The highest BCUT2D eigenvalue weighted by Gasteiger charge is 2.24. The van der Waals surface area contributed by atoms with E-state index in [1.165, 1.54) is 6.08 Å². The fourth-order valence-corrected chi connectivity index (χ4v) is 2.77. The molecule has 11 heavy (non-hydrogen) atoms. The second kappa shape index (κ2) is 3.85. The van der Waals surface area contributed by atoms with E-state index >= 15 is 0 Å². The molecule has 1 unspecified atom stereocenters. The Bertz CT molecular complexity index is 266. The van der Waals surface area contributed by atoms with Crippen LogP contribution < -0.4 is 0 Å². The van der Waals surface area contributed by atoms with Crippen LogP contribution in [0.4, 0.5) is 0 Å². The number of rotatable bonds is 0. The Balaban J connectivity index is 3.12. The maximum absolute atomic E-state index is 11.1. The van der Waals surface area contributed by atoms with Crippen LogP contribution in [0.5, 0.6) is 0 Å². The number of allylic oxidation sites excluding steroid dienone is 4. The SMILES string of the molecule is O=C1C=C(Br)C(Br)=C(Br)C1Br. The largest absolute Gasteiger partial charge is 0.293 e. The van der Waals surface area contributed by atoms with Crippen molar-refractivity contribution in [2.24, 2.45) is 0 Å². The van der Waals surface area contributed by atoms with Crippen LogP contribution in [0.15, 0.2) is 19.5 Å². The van der Waals surface area contributed by atoms with Gasteiger partial charge in [0.1, 0.15) is 4.83 Å². The minimum atomic E-state index is -0.252. The van der Waals surface area contributed by atoms with Gasteiger partial charge in [0.05, 0.1) is 0 Å². The molecule has 0 saturated heterocycles. The van der Waals surface area contributed by atoms with Gasteiger partial charge >= 0.3 is 0 Å². The van der Waals surface area contributed by atoms with E-state index in [1.807, 2.05) is 0 Å². The van der Waals surface area contributed by atoms with Gasteiger partial charge in [-0.3, -0.25) is 4.79 Å². The average molecular weight is 410 g/mol. The molecule has 0 heterocycles. The molecular formula is C6H2Br4O. The van der Waals surface area contributed by atoms with Crippen molar-refractivity contribution < 1.29 is 4.79 Å². The van der Waals surface area contributed by atoms with Gasteiger partial charge in [0.2, 0.25) is 0 Å². The highest BCUT2D eigenvalue weighted by atomic mass is 79.9. The maximum Gasteiger partial charge on any atom is 0.175 e. The number of hydrogen-bond donors (Lipinski definition) is 0. The Kier molecular flexibility index (Phi) is 3.56. The van der Waals surface area contributed by atoms with Crippen LogP contribution in [-0.4, -0.2) is 10.6 Å². The summed E-state index contributed by atoms with van der Waals surface area (Å²) in [7, 11) is 0. The number of hydrogen-bond acceptors (Lipinski definition) is 1. The quantitative estimate of drug-likeness (QED) is 0.559. The lowest BCUT2D eigenvalue weighted by molar-refractivity contribution is -0.113. The predicted molar refractivity (Wildman–Crippen MR) is 59.6 cm³/mol.